The molecular weight excluding hydrogens is 224 g/mol. The molecule has 0 rings (SSSR count). The lowest BCUT2D eigenvalue weighted by molar-refractivity contribution is -0.117. The average molecular weight is 246 g/mol. The molecule has 0 aliphatic carbocycles. The molecule has 0 fully saturated rings. The second-order valence-corrected chi connectivity index (χ2v) is 7.17. The van der Waals surface area contributed by atoms with E-state index in [1.54, 1.807) is 7.11 Å². The quantitative estimate of drug-likeness (QED) is 0.470. The zero-order chi connectivity index (χ0) is 12.4. The summed E-state index contributed by atoms with van der Waals surface area (Å²) in [5.74, 6) is -0.131. The molecule has 5 heteroatoms. The Morgan fingerprint density at radius 3 is 2.62 bits per heavy atom. The number of hydrogen-bond acceptors (Lipinski definition) is 4. The molecule has 0 aromatic carbocycles. The average Bonchev–Trinajstić information content (AvgIpc) is 2.32. The first-order chi connectivity index (χ1) is 7.64. The van der Waals surface area contributed by atoms with Crippen molar-refractivity contribution in [1.82, 2.24) is 0 Å². The molecule has 1 unspecified atom stereocenters. The second kappa shape index (κ2) is 8.64. The number of aliphatic hydroxyl groups excluding tert-OH is 1. The molecule has 0 radical (unpaired) electrons. The van der Waals surface area contributed by atoms with Crippen LogP contribution in [0, 0.1) is 0 Å². The molecule has 0 saturated heterocycles. The van der Waals surface area contributed by atoms with Gasteiger partial charge in [0, 0.05) is 13.7 Å². The maximum Gasteiger partial charge on any atom is 0.338 e. The van der Waals surface area contributed by atoms with Gasteiger partial charge in [-0.05, 0) is 24.6 Å². The molecule has 0 aliphatic rings. The van der Waals surface area contributed by atoms with Crippen molar-refractivity contribution in [2.45, 2.75) is 31.9 Å². The van der Waals surface area contributed by atoms with Gasteiger partial charge in [0.2, 0.25) is 0 Å². The largest absolute Gasteiger partial charge is 0.398 e. The Kier molecular flexibility index (Phi) is 8.37. The summed E-state index contributed by atoms with van der Waals surface area (Å²) < 4.78 is 11.2. The third kappa shape index (κ3) is 5.55. The highest BCUT2D eigenvalue weighted by atomic mass is 28.4. The van der Waals surface area contributed by atoms with E-state index in [4.69, 9.17) is 14.0 Å². The van der Waals surface area contributed by atoms with Crippen LogP contribution < -0.4 is 0 Å². The van der Waals surface area contributed by atoms with Crippen LogP contribution in [0.5, 0.6) is 0 Å². The van der Waals surface area contributed by atoms with Crippen molar-refractivity contribution >= 4 is 14.3 Å². The Balaban J connectivity index is 4.35. The van der Waals surface area contributed by atoms with Crippen LogP contribution in [0.4, 0.5) is 0 Å². The molecule has 0 aromatic heterocycles. The monoisotopic (exact) mass is 246 g/mol. The minimum atomic E-state index is -2.30. The minimum Gasteiger partial charge on any atom is -0.398 e. The molecule has 0 heterocycles. The van der Waals surface area contributed by atoms with Gasteiger partial charge >= 0.3 is 8.56 Å². The topological polar surface area (TPSA) is 55.8 Å². The lowest BCUT2D eigenvalue weighted by atomic mass is 10.4. The molecule has 0 amide bonds. The second-order valence-electron chi connectivity index (χ2n) is 3.65. The molecule has 0 spiro atoms. The Bertz CT molecular complexity index is 220. The summed E-state index contributed by atoms with van der Waals surface area (Å²) in [5.41, 5.74) is 0. The van der Waals surface area contributed by atoms with Gasteiger partial charge in [0.25, 0.3) is 0 Å². The summed E-state index contributed by atoms with van der Waals surface area (Å²) in [6.07, 6.45) is 2.86. The highest BCUT2D eigenvalue weighted by molar-refractivity contribution is 6.67. The molecular formula is C11H22O4Si. The van der Waals surface area contributed by atoms with Crippen LogP contribution in [0.2, 0.25) is 12.1 Å². The van der Waals surface area contributed by atoms with Gasteiger partial charge in [-0.15, -0.1) is 0 Å². The fraction of sp³-hybridized carbons (Fsp3) is 0.727. The van der Waals surface area contributed by atoms with E-state index < -0.39 is 8.56 Å². The molecule has 1 atom stereocenters. The van der Waals surface area contributed by atoms with Crippen LogP contribution >= 0.6 is 0 Å². The molecule has 94 valence electrons. The van der Waals surface area contributed by atoms with Gasteiger partial charge < -0.3 is 14.0 Å². The molecule has 0 aromatic rings. The van der Waals surface area contributed by atoms with Crippen LogP contribution in [0.3, 0.4) is 0 Å². The van der Waals surface area contributed by atoms with Crippen LogP contribution in [0.25, 0.3) is 0 Å². The van der Waals surface area contributed by atoms with E-state index >= 15 is 0 Å². The van der Waals surface area contributed by atoms with Gasteiger partial charge in [-0.25, -0.2) is 0 Å². The summed E-state index contributed by atoms with van der Waals surface area (Å²) in [6.45, 7) is 5.62. The molecule has 0 bridgehead atoms. The lowest BCUT2D eigenvalue weighted by Crippen LogP contribution is -2.42. The predicted octanol–water partition coefficient (Wildman–Crippen LogP) is 1.64. The van der Waals surface area contributed by atoms with Gasteiger partial charge in [0.15, 0.2) is 5.78 Å². The summed E-state index contributed by atoms with van der Waals surface area (Å²) in [4.78, 5) is 11.1. The van der Waals surface area contributed by atoms with Crippen molar-refractivity contribution in [2.24, 2.45) is 0 Å². The molecule has 4 nitrogen and oxygen atoms in total. The maximum absolute atomic E-state index is 11.1. The smallest absolute Gasteiger partial charge is 0.338 e. The summed E-state index contributed by atoms with van der Waals surface area (Å²) >= 11 is 0. The molecule has 0 saturated carbocycles. The fourth-order valence-corrected chi connectivity index (χ4v) is 4.45. The number of rotatable bonds is 10. The van der Waals surface area contributed by atoms with Crippen molar-refractivity contribution in [1.29, 1.82) is 0 Å². The summed E-state index contributed by atoms with van der Waals surface area (Å²) in [6, 6.07) is 1.56. The normalized spacial score (nSPS) is 14.4. The van der Waals surface area contributed by atoms with E-state index in [0.29, 0.717) is 6.42 Å². The summed E-state index contributed by atoms with van der Waals surface area (Å²) in [7, 11) is -0.675. The standard InChI is InChI=1S/C11H22O4Si/c1-4-8-16(14-3,9-6-7-12)15-10-11(13)5-2/h5,12H,2,4,6-10H2,1,3H3. The van der Waals surface area contributed by atoms with Crippen molar-refractivity contribution in [3.63, 3.8) is 0 Å². The molecule has 0 aliphatic heterocycles. The van der Waals surface area contributed by atoms with E-state index in [9.17, 15) is 4.79 Å². The fourth-order valence-electron chi connectivity index (χ4n) is 1.52. The number of hydrogen-bond donors (Lipinski definition) is 1. The van der Waals surface area contributed by atoms with Crippen LogP contribution in [-0.2, 0) is 13.6 Å². The zero-order valence-electron chi connectivity index (χ0n) is 10.2. The van der Waals surface area contributed by atoms with E-state index in [-0.39, 0.29) is 19.0 Å². The van der Waals surface area contributed by atoms with Gasteiger partial charge in [-0.1, -0.05) is 19.9 Å². The van der Waals surface area contributed by atoms with E-state index in [1.165, 1.54) is 6.08 Å². The predicted molar refractivity (Wildman–Crippen MR) is 65.5 cm³/mol. The Morgan fingerprint density at radius 1 is 1.50 bits per heavy atom. The number of carbonyl (C=O) groups is 1. The van der Waals surface area contributed by atoms with E-state index in [2.05, 4.69) is 13.5 Å². The van der Waals surface area contributed by atoms with Crippen LogP contribution in [0.15, 0.2) is 12.7 Å². The first kappa shape index (κ1) is 15.5. The van der Waals surface area contributed by atoms with Gasteiger partial charge in [-0.2, -0.15) is 0 Å². The van der Waals surface area contributed by atoms with Crippen molar-refractivity contribution < 1.29 is 18.8 Å². The Morgan fingerprint density at radius 2 is 2.19 bits per heavy atom. The number of carbonyl (C=O) groups excluding carboxylic acids is 1. The number of aliphatic hydroxyl groups is 1. The van der Waals surface area contributed by atoms with Crippen molar-refractivity contribution in [3.8, 4) is 0 Å². The Hall–Kier alpha value is -0.493. The maximum atomic E-state index is 11.1. The highest BCUT2D eigenvalue weighted by Gasteiger charge is 2.35. The third-order valence-electron chi connectivity index (χ3n) is 2.42. The highest BCUT2D eigenvalue weighted by Crippen LogP contribution is 2.22. The Labute approximate surface area is 98.5 Å². The van der Waals surface area contributed by atoms with Crippen LogP contribution in [-0.4, -0.2) is 39.8 Å². The minimum absolute atomic E-state index is 0.0367. The summed E-state index contributed by atoms with van der Waals surface area (Å²) in [5, 5.41) is 8.84. The van der Waals surface area contributed by atoms with E-state index in [1.807, 2.05) is 0 Å². The first-order valence-electron chi connectivity index (χ1n) is 5.59. The SMILES string of the molecule is C=CC(=O)CO[Si](CCC)(CCCO)OC. The first-order valence-corrected chi connectivity index (χ1v) is 7.82. The van der Waals surface area contributed by atoms with Crippen LogP contribution in [0.1, 0.15) is 19.8 Å². The number of ketones is 1. The zero-order valence-corrected chi connectivity index (χ0v) is 11.2. The van der Waals surface area contributed by atoms with Gasteiger partial charge in [0.05, 0.1) is 6.61 Å². The molecule has 1 N–H and O–H groups in total. The van der Waals surface area contributed by atoms with Gasteiger partial charge in [-0.3, -0.25) is 4.79 Å². The molecule has 16 heavy (non-hydrogen) atoms. The van der Waals surface area contributed by atoms with E-state index in [0.717, 1.165) is 18.5 Å². The van der Waals surface area contributed by atoms with Gasteiger partial charge in [0.1, 0.15) is 0 Å². The third-order valence-corrected chi connectivity index (χ3v) is 6.22. The van der Waals surface area contributed by atoms with Crippen molar-refractivity contribution in [2.75, 3.05) is 20.3 Å². The van der Waals surface area contributed by atoms with Crippen molar-refractivity contribution in [3.05, 3.63) is 12.7 Å². The lowest BCUT2D eigenvalue weighted by Gasteiger charge is -2.28.